The molecule has 4 rings (SSSR count). The first kappa shape index (κ1) is 36.5. The number of fused-ring (bicyclic) bond motifs is 1. The summed E-state index contributed by atoms with van der Waals surface area (Å²) < 4.78 is 15.3. The number of carbonyl (C=O) groups excluding carboxylic acids is 2. The number of carbonyl (C=O) groups is 2. The number of hydrogen-bond donors (Lipinski definition) is 2. The van der Waals surface area contributed by atoms with Crippen molar-refractivity contribution in [3.8, 4) is 0 Å². The highest BCUT2D eigenvalue weighted by Gasteiger charge is 2.19. The van der Waals surface area contributed by atoms with Crippen LogP contribution in [0.3, 0.4) is 0 Å². The number of piperidine rings is 1. The fourth-order valence-electron chi connectivity index (χ4n) is 3.53. The van der Waals surface area contributed by atoms with Gasteiger partial charge in [-0.05, 0) is 47.6 Å². The number of rotatable bonds is 7. The summed E-state index contributed by atoms with van der Waals surface area (Å²) >= 11 is 3.00. The Balaban J connectivity index is 0. The van der Waals surface area contributed by atoms with E-state index in [0.717, 1.165) is 36.4 Å². The van der Waals surface area contributed by atoms with E-state index in [0.29, 0.717) is 18.4 Å². The molecule has 1 aliphatic rings. The lowest BCUT2D eigenvalue weighted by atomic mass is 9.99. The van der Waals surface area contributed by atoms with Crippen molar-refractivity contribution in [3.63, 3.8) is 0 Å². The molecule has 0 amide bonds. The minimum atomic E-state index is -0.0425. The van der Waals surface area contributed by atoms with Crippen molar-refractivity contribution in [3.05, 3.63) is 24.8 Å². The topological polar surface area (TPSA) is 120 Å². The van der Waals surface area contributed by atoms with Crippen molar-refractivity contribution in [2.24, 2.45) is 5.92 Å². The lowest BCUT2D eigenvalue weighted by Crippen LogP contribution is -2.34. The molecule has 1 atom stereocenters. The van der Waals surface area contributed by atoms with Gasteiger partial charge < -0.3 is 19.8 Å². The van der Waals surface area contributed by atoms with Crippen molar-refractivity contribution in [2.45, 2.75) is 53.6 Å². The molecule has 0 saturated carbocycles. The summed E-state index contributed by atoms with van der Waals surface area (Å²) in [5.41, 5.74) is 1.55. The van der Waals surface area contributed by atoms with Gasteiger partial charge in [0, 0.05) is 25.5 Å². The number of thiol groups is 1. The van der Waals surface area contributed by atoms with Gasteiger partial charge in [0.05, 0.1) is 30.0 Å². The predicted octanol–water partition coefficient (Wildman–Crippen LogP) is 4.76. The second-order valence-electron chi connectivity index (χ2n) is 7.00. The maximum absolute atomic E-state index is 11.8. The highest BCUT2D eigenvalue weighted by atomic mass is 35.7. The summed E-state index contributed by atoms with van der Waals surface area (Å²) in [6.45, 7) is 15.4. The third-order valence-electron chi connectivity index (χ3n) is 4.82. The lowest BCUT2D eigenvalue weighted by Gasteiger charge is -2.29. The van der Waals surface area contributed by atoms with Crippen LogP contribution in [0.15, 0.2) is 24.8 Å². The van der Waals surface area contributed by atoms with Gasteiger partial charge in [0.1, 0.15) is 20.2 Å². The summed E-state index contributed by atoms with van der Waals surface area (Å²) in [4.78, 5) is 30.9. The zero-order chi connectivity index (χ0) is 28.6. The number of halogens is 2. The van der Waals surface area contributed by atoms with E-state index < -0.39 is 0 Å². The van der Waals surface area contributed by atoms with E-state index in [-0.39, 0.29) is 6.61 Å². The third kappa shape index (κ3) is 13.0. The number of nitrogens with zero attached hydrogens (tertiary/aromatic N) is 7. The van der Waals surface area contributed by atoms with Crippen molar-refractivity contribution in [1.82, 2.24) is 34.4 Å². The van der Waals surface area contributed by atoms with E-state index in [1.807, 2.05) is 46.0 Å². The second-order valence-corrected chi connectivity index (χ2v) is 7.00. The minimum absolute atomic E-state index is 0.0425. The number of hydrogen-bond acceptors (Lipinski definition) is 10. The minimum Gasteiger partial charge on any atom is -0.321 e. The first-order valence-corrected chi connectivity index (χ1v) is 13.2. The molecule has 11 nitrogen and oxygen atoms in total. The Morgan fingerprint density at radius 3 is 2.43 bits per heavy atom. The number of anilines is 2. The molecule has 0 bridgehead atoms. The molecule has 210 valence electrons. The molecule has 1 aliphatic heterocycles. The van der Waals surface area contributed by atoms with E-state index in [1.165, 1.54) is 12.8 Å². The number of nitrogens with one attached hydrogen (secondary N) is 1. The Morgan fingerprint density at radius 2 is 1.81 bits per heavy atom. The standard InChI is InChI=1S/C17H23FN8O.2C2H6.2CH2O.ClHS/c1-24-4-2-3-13(10-24)11-26-16-14(8-21-26)7-19-17(23-16)22-15-9-20-25(12-15)5-6-27-18;5*1-2/h7-9,12-13H,2-6,10-11H2,1H3,(H,19,22,23);2*1-2H3;2*1H2;2H. The third-order valence-corrected chi connectivity index (χ3v) is 4.82. The van der Waals surface area contributed by atoms with E-state index >= 15 is 0 Å². The molecular weight excluding hydrogens is 523 g/mol. The fourth-order valence-corrected chi connectivity index (χ4v) is 3.53. The van der Waals surface area contributed by atoms with E-state index in [1.54, 1.807) is 29.5 Å². The molecule has 14 heteroatoms. The van der Waals surface area contributed by atoms with Gasteiger partial charge >= 0.3 is 0 Å². The molecule has 0 aromatic carbocycles. The largest absolute Gasteiger partial charge is 0.321 e. The zero-order valence-corrected chi connectivity index (χ0v) is 24.0. The lowest BCUT2D eigenvalue weighted by molar-refractivity contribution is -0.135. The molecule has 0 spiro atoms. The van der Waals surface area contributed by atoms with Crippen LogP contribution < -0.4 is 5.32 Å². The van der Waals surface area contributed by atoms with Crippen LogP contribution in [-0.2, 0) is 27.6 Å². The van der Waals surface area contributed by atoms with Crippen LogP contribution in [0.1, 0.15) is 40.5 Å². The zero-order valence-electron chi connectivity index (χ0n) is 22.3. The van der Waals surface area contributed by atoms with Crippen LogP contribution in [0.5, 0.6) is 0 Å². The van der Waals surface area contributed by atoms with Crippen LogP contribution in [0.25, 0.3) is 11.0 Å². The SMILES string of the molecule is C=O.C=O.CC.CC.CN1CCCC(Cn2ncc3cnc(Nc4cnn(CCOF)c4)nc32)C1.SCl. The number of likely N-dealkylation sites (tertiary alicyclic amines) is 1. The smallest absolute Gasteiger partial charge is 0.229 e. The molecule has 1 saturated heterocycles. The Kier molecular flexibility index (Phi) is 23.5. The fraction of sp³-hybridized carbons (Fsp3) is 0.565. The molecule has 3 aromatic rings. The van der Waals surface area contributed by atoms with Crippen LogP contribution in [0, 0.1) is 5.92 Å². The van der Waals surface area contributed by atoms with Crippen LogP contribution in [0.2, 0.25) is 0 Å². The molecule has 0 radical (unpaired) electrons. The molecule has 0 aliphatic carbocycles. The molecule has 4 heterocycles. The van der Waals surface area contributed by atoms with Gasteiger partial charge in [0.15, 0.2) is 5.65 Å². The van der Waals surface area contributed by atoms with Crippen LogP contribution in [-0.4, -0.2) is 74.8 Å². The van der Waals surface area contributed by atoms with Gasteiger partial charge in [-0.25, -0.2) is 9.67 Å². The van der Waals surface area contributed by atoms with Crippen molar-refractivity contribution < 1.29 is 19.1 Å². The van der Waals surface area contributed by atoms with Crippen molar-refractivity contribution in [2.75, 3.05) is 32.1 Å². The van der Waals surface area contributed by atoms with Gasteiger partial charge in [-0.1, -0.05) is 39.5 Å². The Hall–Kier alpha value is -2.61. The summed E-state index contributed by atoms with van der Waals surface area (Å²) in [5, 5.41) is 12.7. The molecule has 3 aromatic heterocycles. The first-order chi connectivity index (χ1) is 18.2. The van der Waals surface area contributed by atoms with Gasteiger partial charge in [0.25, 0.3) is 0 Å². The van der Waals surface area contributed by atoms with Crippen LogP contribution >= 0.6 is 22.5 Å². The Labute approximate surface area is 228 Å². The summed E-state index contributed by atoms with van der Waals surface area (Å²) in [7, 11) is 6.50. The average molecular weight is 563 g/mol. The highest BCUT2D eigenvalue weighted by Crippen LogP contribution is 2.20. The summed E-state index contributed by atoms with van der Waals surface area (Å²) in [6.07, 6.45) is 9.40. The molecule has 1 unspecified atom stereocenters. The van der Waals surface area contributed by atoms with Crippen molar-refractivity contribution >= 4 is 58.8 Å². The molecule has 37 heavy (non-hydrogen) atoms. The second kappa shape index (κ2) is 23.8. The van der Waals surface area contributed by atoms with Crippen LogP contribution in [0.4, 0.5) is 16.2 Å². The molecule has 1 fully saturated rings. The highest BCUT2D eigenvalue weighted by molar-refractivity contribution is 8.05. The first-order valence-electron chi connectivity index (χ1n) is 11.9. The number of aromatic nitrogens is 6. The Bertz CT molecular complexity index is 948. The molecular formula is C23H40ClFN8O3S. The monoisotopic (exact) mass is 562 g/mol. The van der Waals surface area contributed by atoms with E-state index in [2.05, 4.69) is 64.9 Å². The van der Waals surface area contributed by atoms with Gasteiger partial charge in [0.2, 0.25) is 5.95 Å². The average Bonchev–Trinajstić information content (AvgIpc) is 3.59. The van der Waals surface area contributed by atoms with Gasteiger partial charge in [-0.3, -0.25) is 4.68 Å². The van der Waals surface area contributed by atoms with E-state index in [9.17, 15) is 4.53 Å². The van der Waals surface area contributed by atoms with E-state index in [4.69, 9.17) is 9.59 Å². The summed E-state index contributed by atoms with van der Waals surface area (Å²) in [6, 6.07) is 0. The Morgan fingerprint density at radius 1 is 1.14 bits per heavy atom. The maximum Gasteiger partial charge on any atom is 0.229 e. The normalized spacial score (nSPS) is 14.0. The predicted molar refractivity (Wildman–Crippen MR) is 150 cm³/mol. The quantitative estimate of drug-likeness (QED) is 0.392. The van der Waals surface area contributed by atoms with Crippen molar-refractivity contribution in [1.29, 1.82) is 0 Å². The van der Waals surface area contributed by atoms with Gasteiger partial charge in [-0.2, -0.15) is 20.1 Å². The van der Waals surface area contributed by atoms with Gasteiger partial charge in [-0.15, -0.1) is 0 Å². The maximum atomic E-state index is 11.8. The summed E-state index contributed by atoms with van der Waals surface area (Å²) in [5.74, 6) is 1.06. The molecule has 1 N–H and O–H groups in total.